The van der Waals surface area contributed by atoms with Crippen LogP contribution in [0.15, 0.2) is 0 Å². The maximum atomic E-state index is 12.5. The van der Waals surface area contributed by atoms with Crippen molar-refractivity contribution < 1.29 is 23.9 Å². The fraction of sp³-hybridized carbons (Fsp3) is 0.722. The number of amides is 4. The lowest BCUT2D eigenvalue weighted by atomic mass is 9.90. The lowest BCUT2D eigenvalue weighted by Gasteiger charge is -2.28. The van der Waals surface area contributed by atoms with Gasteiger partial charge in [0.05, 0.1) is 6.07 Å². The summed E-state index contributed by atoms with van der Waals surface area (Å²) in [5.41, 5.74) is -2.00. The Balaban J connectivity index is 1.93. The molecule has 1 spiro atoms. The van der Waals surface area contributed by atoms with E-state index in [4.69, 9.17) is 4.74 Å². The van der Waals surface area contributed by atoms with Gasteiger partial charge in [-0.3, -0.25) is 19.3 Å². The lowest BCUT2D eigenvalue weighted by molar-refractivity contribution is -0.157. The van der Waals surface area contributed by atoms with Crippen LogP contribution in [-0.4, -0.2) is 52.4 Å². The number of rotatable bonds is 6. The summed E-state index contributed by atoms with van der Waals surface area (Å²) in [7, 11) is 0. The Labute approximate surface area is 158 Å². The van der Waals surface area contributed by atoms with E-state index in [1.54, 1.807) is 20.8 Å². The molecule has 2 fully saturated rings. The highest BCUT2D eigenvalue weighted by atomic mass is 16.5. The third-order valence-electron chi connectivity index (χ3n) is 5.44. The van der Waals surface area contributed by atoms with Gasteiger partial charge in [0, 0.05) is 0 Å². The van der Waals surface area contributed by atoms with Crippen molar-refractivity contribution >= 4 is 23.8 Å². The minimum Gasteiger partial charge on any atom is -0.451 e. The topological polar surface area (TPSA) is 129 Å². The number of nitrogens with zero attached hydrogens (tertiary/aromatic N) is 2. The van der Waals surface area contributed by atoms with Crippen LogP contribution < -0.4 is 10.6 Å². The van der Waals surface area contributed by atoms with Crippen LogP contribution >= 0.6 is 0 Å². The van der Waals surface area contributed by atoms with Gasteiger partial charge < -0.3 is 15.4 Å². The highest BCUT2D eigenvalue weighted by molar-refractivity contribution is 6.08. The first kappa shape index (κ1) is 20.7. The second kappa shape index (κ2) is 7.55. The van der Waals surface area contributed by atoms with Crippen molar-refractivity contribution in [2.75, 3.05) is 6.54 Å². The molecular formula is C18H26N4O5. The predicted octanol–water partition coefficient (Wildman–Crippen LogP) is 0.837. The molecule has 0 aromatic rings. The summed E-state index contributed by atoms with van der Waals surface area (Å²) in [5.74, 6) is -2.05. The predicted molar refractivity (Wildman–Crippen MR) is 94.0 cm³/mol. The summed E-state index contributed by atoms with van der Waals surface area (Å²) < 4.78 is 5.06. The zero-order chi connectivity index (χ0) is 20.4. The molecule has 4 amide bonds. The molecule has 0 unspecified atom stereocenters. The van der Waals surface area contributed by atoms with Crippen LogP contribution in [-0.2, 0) is 19.1 Å². The summed E-state index contributed by atoms with van der Waals surface area (Å²) in [6, 6.07) is 1.42. The molecule has 0 radical (unpaired) electrons. The number of nitrogens with one attached hydrogen (secondary N) is 2. The largest absolute Gasteiger partial charge is 0.451 e. The molecule has 2 atom stereocenters. The van der Waals surface area contributed by atoms with Crippen molar-refractivity contribution in [3.63, 3.8) is 0 Å². The first-order valence-electron chi connectivity index (χ1n) is 9.11. The summed E-state index contributed by atoms with van der Waals surface area (Å²) in [4.78, 5) is 49.8. The van der Waals surface area contributed by atoms with Crippen LogP contribution in [0.5, 0.6) is 0 Å². The van der Waals surface area contributed by atoms with E-state index in [1.165, 1.54) is 6.92 Å². The molecule has 148 valence electrons. The normalized spacial score (nSPS) is 21.6. The smallest absolute Gasteiger partial charge is 0.327 e. The maximum Gasteiger partial charge on any atom is 0.327 e. The third kappa shape index (κ3) is 4.04. The number of carbonyl (C=O) groups is 4. The maximum absolute atomic E-state index is 12.5. The molecule has 0 bridgehead atoms. The van der Waals surface area contributed by atoms with Gasteiger partial charge >= 0.3 is 12.0 Å². The van der Waals surface area contributed by atoms with Crippen LogP contribution in [0.3, 0.4) is 0 Å². The molecule has 1 saturated heterocycles. The fourth-order valence-electron chi connectivity index (χ4n) is 3.21. The Bertz CT molecular complexity index is 692. The molecule has 9 heteroatoms. The summed E-state index contributed by atoms with van der Waals surface area (Å²) in [5, 5.41) is 14.5. The fourth-order valence-corrected chi connectivity index (χ4v) is 3.21. The van der Waals surface area contributed by atoms with Crippen LogP contribution in [0.25, 0.3) is 0 Å². The number of urea groups is 1. The quantitative estimate of drug-likeness (QED) is 0.520. The number of hydrogen-bond acceptors (Lipinski definition) is 6. The average Bonchev–Trinajstić information content (AvgIpc) is 3.15. The van der Waals surface area contributed by atoms with Crippen LogP contribution in [0, 0.1) is 17.2 Å². The molecule has 0 aromatic carbocycles. The van der Waals surface area contributed by atoms with E-state index in [0.717, 1.165) is 17.7 Å². The minimum atomic E-state index is -1.16. The zero-order valence-electron chi connectivity index (χ0n) is 16.1. The Morgan fingerprint density at radius 1 is 1.33 bits per heavy atom. The molecule has 1 aliphatic heterocycles. The zero-order valence-corrected chi connectivity index (χ0v) is 16.1. The minimum absolute atomic E-state index is 0.150. The van der Waals surface area contributed by atoms with E-state index in [-0.39, 0.29) is 5.92 Å². The molecule has 1 saturated carbocycles. The molecule has 2 N–H and O–H groups in total. The van der Waals surface area contributed by atoms with Gasteiger partial charge in [-0.05, 0) is 32.6 Å². The number of ether oxygens (including phenoxy) is 1. The van der Waals surface area contributed by atoms with Crippen molar-refractivity contribution in [1.29, 1.82) is 5.26 Å². The molecular weight excluding hydrogens is 352 g/mol. The SMILES string of the molecule is CC(C)[C@@](C)(C#N)NC(=O)[C@H](C)OC(=O)CN1C(=O)NC2(CCCC2)C1=O. The van der Waals surface area contributed by atoms with Crippen molar-refractivity contribution in [3.8, 4) is 6.07 Å². The molecule has 1 heterocycles. The van der Waals surface area contributed by atoms with Gasteiger partial charge in [-0.1, -0.05) is 26.7 Å². The number of esters is 1. The second-order valence-electron chi connectivity index (χ2n) is 7.70. The highest BCUT2D eigenvalue weighted by Crippen LogP contribution is 2.34. The van der Waals surface area contributed by atoms with Crippen LogP contribution in [0.2, 0.25) is 0 Å². The molecule has 27 heavy (non-hydrogen) atoms. The van der Waals surface area contributed by atoms with Crippen molar-refractivity contribution in [2.45, 2.75) is 70.6 Å². The van der Waals surface area contributed by atoms with Gasteiger partial charge in [0.1, 0.15) is 17.6 Å². The van der Waals surface area contributed by atoms with E-state index in [2.05, 4.69) is 10.6 Å². The Morgan fingerprint density at radius 3 is 2.44 bits per heavy atom. The van der Waals surface area contributed by atoms with E-state index >= 15 is 0 Å². The Kier molecular flexibility index (Phi) is 5.78. The first-order chi connectivity index (χ1) is 12.5. The van der Waals surface area contributed by atoms with Gasteiger partial charge in [0.15, 0.2) is 6.10 Å². The summed E-state index contributed by atoms with van der Waals surface area (Å²) >= 11 is 0. The van der Waals surface area contributed by atoms with Gasteiger partial charge in [-0.25, -0.2) is 4.79 Å². The van der Waals surface area contributed by atoms with E-state index in [1.807, 2.05) is 6.07 Å². The first-order valence-corrected chi connectivity index (χ1v) is 9.11. The molecule has 2 aliphatic rings. The van der Waals surface area contributed by atoms with E-state index < -0.39 is 47.5 Å². The highest BCUT2D eigenvalue weighted by Gasteiger charge is 2.52. The van der Waals surface area contributed by atoms with E-state index in [0.29, 0.717) is 12.8 Å². The number of imide groups is 1. The standard InChI is InChI=1S/C18H26N4O5/c1-11(2)17(4,10-19)20-14(24)12(3)27-13(23)9-22-15(25)18(21-16(22)26)7-5-6-8-18/h11-12H,5-9H2,1-4H3,(H,20,24)(H,21,26)/t12-,17+/m0/s1. The summed E-state index contributed by atoms with van der Waals surface area (Å²) in [6.07, 6.45) is 1.64. The van der Waals surface area contributed by atoms with Gasteiger partial charge in [0.25, 0.3) is 11.8 Å². The number of hydrogen-bond donors (Lipinski definition) is 2. The second-order valence-corrected chi connectivity index (χ2v) is 7.70. The molecule has 9 nitrogen and oxygen atoms in total. The van der Waals surface area contributed by atoms with E-state index in [9.17, 15) is 24.4 Å². The molecule has 2 rings (SSSR count). The third-order valence-corrected chi connectivity index (χ3v) is 5.44. The van der Waals surface area contributed by atoms with Crippen molar-refractivity contribution in [3.05, 3.63) is 0 Å². The van der Waals surface area contributed by atoms with Crippen molar-refractivity contribution in [1.82, 2.24) is 15.5 Å². The lowest BCUT2D eigenvalue weighted by Crippen LogP contribution is -2.52. The van der Waals surface area contributed by atoms with Crippen molar-refractivity contribution in [2.24, 2.45) is 5.92 Å². The van der Waals surface area contributed by atoms with Crippen LogP contribution in [0.1, 0.15) is 53.4 Å². The van der Waals surface area contributed by atoms with Gasteiger partial charge in [-0.2, -0.15) is 5.26 Å². The molecule has 0 aromatic heterocycles. The van der Waals surface area contributed by atoms with Gasteiger partial charge in [0.2, 0.25) is 0 Å². The van der Waals surface area contributed by atoms with Gasteiger partial charge in [-0.15, -0.1) is 0 Å². The average molecular weight is 378 g/mol. The molecule has 1 aliphatic carbocycles. The Hall–Kier alpha value is -2.63. The summed E-state index contributed by atoms with van der Waals surface area (Å²) in [6.45, 7) is 5.98. The van der Waals surface area contributed by atoms with Crippen LogP contribution in [0.4, 0.5) is 4.79 Å². The monoisotopic (exact) mass is 378 g/mol. The number of carbonyl (C=O) groups excluding carboxylic acids is 4. The Morgan fingerprint density at radius 2 is 1.93 bits per heavy atom. The number of nitriles is 1.